The molecule has 0 saturated heterocycles. The van der Waals surface area contributed by atoms with Crippen molar-refractivity contribution in [3.05, 3.63) is 23.3 Å². The number of aryl methyl sites for hydroxylation is 1. The van der Waals surface area contributed by atoms with E-state index in [0.717, 1.165) is 5.56 Å². The second-order valence-corrected chi connectivity index (χ2v) is 3.82. The van der Waals surface area contributed by atoms with Gasteiger partial charge in [0, 0.05) is 6.07 Å². The van der Waals surface area contributed by atoms with E-state index in [4.69, 9.17) is 9.47 Å². The molecule has 4 heteroatoms. The Balaban J connectivity index is 3.22. The summed E-state index contributed by atoms with van der Waals surface area (Å²) >= 11 is 0. The maximum absolute atomic E-state index is 11.9. The molecule has 0 spiro atoms. The van der Waals surface area contributed by atoms with E-state index in [-0.39, 0.29) is 18.0 Å². The normalized spacial score (nSPS) is 9.88. The van der Waals surface area contributed by atoms with Gasteiger partial charge in [0.25, 0.3) is 0 Å². The zero-order chi connectivity index (χ0) is 13.0. The van der Waals surface area contributed by atoms with Gasteiger partial charge in [-0.3, -0.25) is 9.59 Å². The third-order valence-corrected chi connectivity index (χ3v) is 2.42. The Morgan fingerprint density at radius 1 is 1.18 bits per heavy atom. The number of carbonyl (C=O) groups is 2. The third-order valence-electron chi connectivity index (χ3n) is 2.42. The molecule has 0 aliphatic carbocycles. The van der Waals surface area contributed by atoms with Crippen molar-refractivity contribution in [2.75, 3.05) is 14.2 Å². The lowest BCUT2D eigenvalue weighted by atomic mass is 10.00. The number of benzene rings is 1. The SMILES string of the molecule is COc1cc(C)c(C(=O)CC(C)=O)c(OC)c1. The molecule has 0 atom stereocenters. The Bertz CT molecular complexity index is 449. The van der Waals surface area contributed by atoms with E-state index < -0.39 is 0 Å². The Hall–Kier alpha value is -1.84. The molecule has 0 aliphatic heterocycles. The van der Waals surface area contributed by atoms with E-state index in [1.165, 1.54) is 14.0 Å². The van der Waals surface area contributed by atoms with Crippen LogP contribution in [0.3, 0.4) is 0 Å². The smallest absolute Gasteiger partial charge is 0.174 e. The van der Waals surface area contributed by atoms with Crippen molar-refractivity contribution in [1.82, 2.24) is 0 Å². The lowest BCUT2D eigenvalue weighted by molar-refractivity contribution is -0.116. The van der Waals surface area contributed by atoms with Crippen molar-refractivity contribution < 1.29 is 19.1 Å². The summed E-state index contributed by atoms with van der Waals surface area (Å²) in [4.78, 5) is 22.9. The molecule has 1 rings (SSSR count). The standard InChI is InChI=1S/C13H16O4/c1-8-5-10(16-3)7-12(17-4)13(8)11(15)6-9(2)14/h5,7H,6H2,1-4H3. The zero-order valence-corrected chi connectivity index (χ0v) is 10.5. The molecular formula is C13H16O4. The van der Waals surface area contributed by atoms with Crippen LogP contribution < -0.4 is 9.47 Å². The van der Waals surface area contributed by atoms with Crippen LogP contribution in [0.4, 0.5) is 0 Å². The summed E-state index contributed by atoms with van der Waals surface area (Å²) in [5.74, 6) is 0.675. The van der Waals surface area contributed by atoms with Crippen molar-refractivity contribution in [3.8, 4) is 11.5 Å². The molecule has 0 aromatic heterocycles. The Morgan fingerprint density at radius 3 is 2.29 bits per heavy atom. The summed E-state index contributed by atoms with van der Waals surface area (Å²) < 4.78 is 10.3. The number of rotatable bonds is 5. The van der Waals surface area contributed by atoms with Crippen LogP contribution in [0.5, 0.6) is 11.5 Å². The summed E-state index contributed by atoms with van der Waals surface area (Å²) in [6, 6.07) is 3.39. The van der Waals surface area contributed by atoms with Gasteiger partial charge in [-0.1, -0.05) is 0 Å². The monoisotopic (exact) mass is 236 g/mol. The van der Waals surface area contributed by atoms with Gasteiger partial charge in [0.1, 0.15) is 17.3 Å². The van der Waals surface area contributed by atoms with E-state index in [1.54, 1.807) is 26.2 Å². The van der Waals surface area contributed by atoms with Crippen LogP contribution in [-0.4, -0.2) is 25.8 Å². The summed E-state index contributed by atoms with van der Waals surface area (Å²) in [7, 11) is 3.03. The van der Waals surface area contributed by atoms with Crippen LogP contribution in [0.25, 0.3) is 0 Å². The quantitative estimate of drug-likeness (QED) is 0.580. The second-order valence-electron chi connectivity index (χ2n) is 3.82. The molecule has 4 nitrogen and oxygen atoms in total. The van der Waals surface area contributed by atoms with E-state index in [2.05, 4.69) is 0 Å². The highest BCUT2D eigenvalue weighted by Gasteiger charge is 2.18. The van der Waals surface area contributed by atoms with Gasteiger partial charge in [0.15, 0.2) is 5.78 Å². The first kappa shape index (κ1) is 13.2. The van der Waals surface area contributed by atoms with E-state index in [9.17, 15) is 9.59 Å². The molecule has 1 aromatic rings. The Morgan fingerprint density at radius 2 is 1.82 bits per heavy atom. The second kappa shape index (κ2) is 5.48. The number of ether oxygens (including phenoxy) is 2. The van der Waals surface area contributed by atoms with Gasteiger partial charge in [-0.15, -0.1) is 0 Å². The number of carbonyl (C=O) groups excluding carboxylic acids is 2. The van der Waals surface area contributed by atoms with Gasteiger partial charge in [0.2, 0.25) is 0 Å². The van der Waals surface area contributed by atoms with Crippen molar-refractivity contribution in [2.24, 2.45) is 0 Å². The number of Topliss-reactive ketones (excluding diaryl/α,β-unsaturated/α-hetero) is 2. The first-order chi connectivity index (χ1) is 7.99. The summed E-state index contributed by atoms with van der Waals surface area (Å²) in [5, 5.41) is 0. The van der Waals surface area contributed by atoms with Crippen molar-refractivity contribution in [3.63, 3.8) is 0 Å². The molecule has 92 valence electrons. The van der Waals surface area contributed by atoms with Crippen LogP contribution in [0.15, 0.2) is 12.1 Å². The highest BCUT2D eigenvalue weighted by Crippen LogP contribution is 2.29. The van der Waals surface area contributed by atoms with E-state index >= 15 is 0 Å². The summed E-state index contributed by atoms with van der Waals surface area (Å²) in [6.07, 6.45) is -0.108. The molecular weight excluding hydrogens is 220 g/mol. The van der Waals surface area contributed by atoms with Crippen LogP contribution in [0.1, 0.15) is 29.3 Å². The van der Waals surface area contributed by atoms with Gasteiger partial charge >= 0.3 is 0 Å². The molecule has 0 unspecified atom stereocenters. The summed E-state index contributed by atoms with van der Waals surface area (Å²) in [6.45, 7) is 3.18. The fourth-order valence-electron chi connectivity index (χ4n) is 1.67. The summed E-state index contributed by atoms with van der Waals surface area (Å²) in [5.41, 5.74) is 1.19. The van der Waals surface area contributed by atoms with Gasteiger partial charge in [-0.2, -0.15) is 0 Å². The number of hydrogen-bond acceptors (Lipinski definition) is 4. The molecule has 1 aromatic carbocycles. The number of hydrogen-bond donors (Lipinski definition) is 0. The molecule has 0 aliphatic rings. The van der Waals surface area contributed by atoms with Crippen LogP contribution in [0.2, 0.25) is 0 Å². The van der Waals surface area contributed by atoms with Gasteiger partial charge in [0.05, 0.1) is 26.2 Å². The maximum atomic E-state index is 11.9. The predicted octanol–water partition coefficient (Wildman–Crippen LogP) is 2.17. The van der Waals surface area contributed by atoms with Crippen LogP contribution >= 0.6 is 0 Å². The first-order valence-electron chi connectivity index (χ1n) is 5.24. The lowest BCUT2D eigenvalue weighted by Gasteiger charge is -2.12. The minimum atomic E-state index is -0.227. The van der Waals surface area contributed by atoms with Crippen LogP contribution in [0, 0.1) is 6.92 Å². The lowest BCUT2D eigenvalue weighted by Crippen LogP contribution is -2.09. The zero-order valence-electron chi connectivity index (χ0n) is 10.5. The molecule has 0 heterocycles. The minimum Gasteiger partial charge on any atom is -0.497 e. The number of methoxy groups -OCH3 is 2. The molecule has 0 bridgehead atoms. The Kier molecular flexibility index (Phi) is 4.26. The molecule has 0 fully saturated rings. The minimum absolute atomic E-state index is 0.108. The van der Waals surface area contributed by atoms with Crippen molar-refractivity contribution in [2.45, 2.75) is 20.3 Å². The van der Waals surface area contributed by atoms with E-state index in [0.29, 0.717) is 17.1 Å². The average molecular weight is 236 g/mol. The first-order valence-corrected chi connectivity index (χ1v) is 5.24. The van der Waals surface area contributed by atoms with Gasteiger partial charge in [-0.05, 0) is 25.5 Å². The van der Waals surface area contributed by atoms with Gasteiger partial charge < -0.3 is 9.47 Å². The average Bonchev–Trinajstić information content (AvgIpc) is 2.26. The fourth-order valence-corrected chi connectivity index (χ4v) is 1.67. The molecule has 0 radical (unpaired) electrons. The third kappa shape index (κ3) is 3.06. The highest BCUT2D eigenvalue weighted by atomic mass is 16.5. The van der Waals surface area contributed by atoms with Gasteiger partial charge in [-0.25, -0.2) is 0 Å². The molecule has 0 amide bonds. The molecule has 0 N–H and O–H groups in total. The highest BCUT2D eigenvalue weighted by molar-refractivity contribution is 6.09. The predicted molar refractivity (Wildman–Crippen MR) is 63.9 cm³/mol. The maximum Gasteiger partial charge on any atom is 0.174 e. The van der Waals surface area contributed by atoms with E-state index in [1.807, 2.05) is 0 Å². The van der Waals surface area contributed by atoms with Crippen LogP contribution in [-0.2, 0) is 4.79 Å². The number of ketones is 2. The Labute approximate surface area is 101 Å². The van der Waals surface area contributed by atoms with Crippen molar-refractivity contribution >= 4 is 11.6 Å². The van der Waals surface area contributed by atoms with Crippen molar-refractivity contribution in [1.29, 1.82) is 0 Å². The molecule has 0 saturated carbocycles. The topological polar surface area (TPSA) is 52.6 Å². The largest absolute Gasteiger partial charge is 0.497 e. The molecule has 17 heavy (non-hydrogen) atoms. The fraction of sp³-hybridized carbons (Fsp3) is 0.385.